The molecule has 1 heterocycles. The number of halogens is 2. The Morgan fingerprint density at radius 2 is 1.82 bits per heavy atom. The van der Waals surface area contributed by atoms with Crippen molar-refractivity contribution in [3.63, 3.8) is 0 Å². The molecule has 0 radical (unpaired) electrons. The summed E-state index contributed by atoms with van der Waals surface area (Å²) in [5.74, 6) is 0. The predicted octanol–water partition coefficient (Wildman–Crippen LogP) is 5.83. The number of hydrogen-bond donors (Lipinski definition) is 0. The lowest BCUT2D eigenvalue weighted by Crippen LogP contribution is -2.04. The first-order valence-electron chi connectivity index (χ1n) is 6.84. The van der Waals surface area contributed by atoms with E-state index >= 15 is 0 Å². The number of rotatable bonds is 5. The molecule has 3 aromatic rings. The van der Waals surface area contributed by atoms with Crippen molar-refractivity contribution in [1.82, 2.24) is 9.55 Å². The van der Waals surface area contributed by atoms with E-state index in [1.54, 1.807) is 0 Å². The van der Waals surface area contributed by atoms with Gasteiger partial charge in [-0.05, 0) is 42.0 Å². The molecule has 1 atom stereocenters. The zero-order chi connectivity index (χ0) is 15.4. The predicted molar refractivity (Wildman–Crippen MR) is 96.4 cm³/mol. The monoisotopic (exact) mass is 392 g/mol. The van der Waals surface area contributed by atoms with Crippen molar-refractivity contribution in [3.05, 3.63) is 82.3 Å². The minimum Gasteiger partial charge on any atom is -0.336 e. The quantitative estimate of drug-likeness (QED) is 0.507. The third-order valence-corrected chi connectivity index (χ3v) is 5.30. The highest BCUT2D eigenvalue weighted by atomic mass is 79.9. The largest absolute Gasteiger partial charge is 0.336 e. The molecular weight excluding hydrogens is 380 g/mol. The molecule has 5 heteroatoms. The second-order valence-electron chi connectivity index (χ2n) is 4.87. The van der Waals surface area contributed by atoms with Crippen LogP contribution in [-0.4, -0.2) is 9.55 Å². The summed E-state index contributed by atoms with van der Waals surface area (Å²) in [6, 6.07) is 16.5. The van der Waals surface area contributed by atoms with Crippen LogP contribution in [-0.2, 0) is 6.54 Å². The lowest BCUT2D eigenvalue weighted by atomic mass is 10.1. The van der Waals surface area contributed by atoms with Crippen molar-refractivity contribution in [2.24, 2.45) is 0 Å². The maximum atomic E-state index is 6.01. The normalized spacial score (nSPS) is 12.3. The molecule has 2 aromatic carbocycles. The van der Waals surface area contributed by atoms with Crippen LogP contribution < -0.4 is 0 Å². The number of aromatic nitrogens is 2. The Morgan fingerprint density at radius 3 is 2.45 bits per heavy atom. The van der Waals surface area contributed by atoms with Gasteiger partial charge in [-0.1, -0.05) is 39.7 Å². The number of imidazole rings is 1. The smallest absolute Gasteiger partial charge is 0.0946 e. The van der Waals surface area contributed by atoms with Crippen LogP contribution in [0.25, 0.3) is 0 Å². The van der Waals surface area contributed by atoms with Gasteiger partial charge in [0.15, 0.2) is 0 Å². The molecule has 0 bridgehead atoms. The fourth-order valence-corrected chi connectivity index (χ4v) is 3.70. The van der Waals surface area contributed by atoms with Gasteiger partial charge in [0, 0.05) is 33.3 Å². The van der Waals surface area contributed by atoms with Gasteiger partial charge in [0.2, 0.25) is 0 Å². The van der Waals surface area contributed by atoms with Crippen LogP contribution in [0.3, 0.4) is 0 Å². The lowest BCUT2D eigenvalue weighted by molar-refractivity contribution is 0.683. The van der Waals surface area contributed by atoms with E-state index in [4.69, 9.17) is 11.6 Å². The second-order valence-corrected chi connectivity index (χ2v) is 7.50. The Morgan fingerprint density at radius 1 is 1.09 bits per heavy atom. The highest BCUT2D eigenvalue weighted by Crippen LogP contribution is 2.37. The Labute approximate surface area is 147 Å². The fraction of sp³-hybridized carbons (Fsp3) is 0.118. The van der Waals surface area contributed by atoms with E-state index in [9.17, 15) is 0 Å². The second kappa shape index (κ2) is 7.36. The molecule has 1 aromatic heterocycles. The molecule has 3 rings (SSSR count). The summed E-state index contributed by atoms with van der Waals surface area (Å²) in [6.07, 6.45) is 5.65. The lowest BCUT2D eigenvalue weighted by Gasteiger charge is -2.18. The highest BCUT2D eigenvalue weighted by molar-refractivity contribution is 9.10. The Kier molecular flexibility index (Phi) is 5.24. The van der Waals surface area contributed by atoms with Crippen LogP contribution in [0, 0.1) is 0 Å². The number of thioether (sulfide) groups is 1. The van der Waals surface area contributed by atoms with E-state index in [2.05, 4.69) is 61.9 Å². The van der Waals surface area contributed by atoms with E-state index < -0.39 is 0 Å². The van der Waals surface area contributed by atoms with Gasteiger partial charge in [-0.15, -0.1) is 11.8 Å². The van der Waals surface area contributed by atoms with E-state index in [0.717, 1.165) is 16.0 Å². The van der Waals surface area contributed by atoms with E-state index in [-0.39, 0.29) is 0 Å². The maximum Gasteiger partial charge on any atom is 0.0946 e. The molecule has 0 aliphatic heterocycles. The molecule has 0 aliphatic rings. The minimum absolute atomic E-state index is 0.299. The van der Waals surface area contributed by atoms with Gasteiger partial charge in [0.25, 0.3) is 0 Å². The molecule has 0 N–H and O–H groups in total. The van der Waals surface area contributed by atoms with Crippen LogP contribution in [0.2, 0.25) is 5.02 Å². The summed E-state index contributed by atoms with van der Waals surface area (Å²) in [5, 5.41) is 1.06. The number of nitrogens with zero attached hydrogens (tertiary/aromatic N) is 2. The van der Waals surface area contributed by atoms with E-state index in [1.165, 1.54) is 10.5 Å². The standard InChI is InChI=1S/C17H14BrClN2S/c18-14-3-7-16(8-4-14)22-17(11-21-10-9-20-12-21)13-1-5-15(19)6-2-13/h1-10,12,17H,11H2. The van der Waals surface area contributed by atoms with Crippen LogP contribution in [0.1, 0.15) is 10.8 Å². The van der Waals surface area contributed by atoms with Crippen molar-refractivity contribution in [1.29, 1.82) is 0 Å². The number of benzene rings is 2. The summed E-state index contributed by atoms with van der Waals surface area (Å²) in [5.41, 5.74) is 1.26. The maximum absolute atomic E-state index is 6.01. The van der Waals surface area contributed by atoms with Crippen molar-refractivity contribution in [2.75, 3.05) is 0 Å². The SMILES string of the molecule is Clc1ccc(C(Cn2ccnc2)Sc2ccc(Br)cc2)cc1. The zero-order valence-corrected chi connectivity index (χ0v) is 14.9. The third kappa shape index (κ3) is 4.15. The van der Waals surface area contributed by atoms with Crippen molar-refractivity contribution < 1.29 is 0 Å². The first-order chi connectivity index (χ1) is 10.7. The summed E-state index contributed by atoms with van der Waals surface area (Å²) < 4.78 is 3.19. The first kappa shape index (κ1) is 15.7. The van der Waals surface area contributed by atoms with Gasteiger partial charge in [-0.3, -0.25) is 0 Å². The van der Waals surface area contributed by atoms with Gasteiger partial charge < -0.3 is 4.57 Å². The summed E-state index contributed by atoms with van der Waals surface area (Å²) in [4.78, 5) is 5.37. The molecule has 112 valence electrons. The highest BCUT2D eigenvalue weighted by Gasteiger charge is 2.14. The Hall–Kier alpha value is -1.23. The van der Waals surface area contributed by atoms with Gasteiger partial charge in [-0.25, -0.2) is 4.98 Å². The topological polar surface area (TPSA) is 17.8 Å². The molecule has 22 heavy (non-hydrogen) atoms. The van der Waals surface area contributed by atoms with Crippen molar-refractivity contribution in [2.45, 2.75) is 16.7 Å². The molecule has 0 spiro atoms. The van der Waals surface area contributed by atoms with Gasteiger partial charge in [0.05, 0.1) is 11.6 Å². The van der Waals surface area contributed by atoms with Crippen LogP contribution in [0.5, 0.6) is 0 Å². The average molecular weight is 394 g/mol. The van der Waals surface area contributed by atoms with Crippen molar-refractivity contribution >= 4 is 39.3 Å². The molecule has 0 saturated heterocycles. The van der Waals surface area contributed by atoms with E-state index in [0.29, 0.717) is 5.25 Å². The number of hydrogen-bond acceptors (Lipinski definition) is 2. The Bertz CT molecular complexity index is 711. The third-order valence-electron chi connectivity index (χ3n) is 3.27. The molecule has 2 nitrogen and oxygen atoms in total. The molecule has 0 fully saturated rings. The molecule has 1 unspecified atom stereocenters. The minimum atomic E-state index is 0.299. The van der Waals surface area contributed by atoms with Crippen molar-refractivity contribution in [3.8, 4) is 0 Å². The Balaban J connectivity index is 1.84. The van der Waals surface area contributed by atoms with Gasteiger partial charge >= 0.3 is 0 Å². The fourth-order valence-electron chi connectivity index (χ4n) is 2.15. The molecule has 0 aliphatic carbocycles. The van der Waals surface area contributed by atoms with Crippen LogP contribution in [0.4, 0.5) is 0 Å². The first-order valence-corrected chi connectivity index (χ1v) is 8.89. The zero-order valence-electron chi connectivity index (χ0n) is 11.7. The molecule has 0 amide bonds. The van der Waals surface area contributed by atoms with Crippen LogP contribution in [0.15, 0.2) is 76.6 Å². The van der Waals surface area contributed by atoms with Gasteiger partial charge in [0.1, 0.15) is 0 Å². The molecular formula is C17H14BrClN2S. The molecule has 0 saturated carbocycles. The average Bonchev–Trinajstić information content (AvgIpc) is 3.03. The summed E-state index contributed by atoms with van der Waals surface area (Å²) in [6.45, 7) is 0.863. The van der Waals surface area contributed by atoms with Crippen LogP contribution >= 0.6 is 39.3 Å². The van der Waals surface area contributed by atoms with Gasteiger partial charge in [-0.2, -0.15) is 0 Å². The summed E-state index contributed by atoms with van der Waals surface area (Å²) in [7, 11) is 0. The van der Waals surface area contributed by atoms with E-state index in [1.807, 2.05) is 42.6 Å². The summed E-state index contributed by atoms with van der Waals surface area (Å²) >= 11 is 11.3.